The highest BCUT2D eigenvalue weighted by Gasteiger charge is 2.22. The smallest absolute Gasteiger partial charge is 0.120 e. The molecule has 0 saturated heterocycles. The van der Waals surface area contributed by atoms with Gasteiger partial charge in [0.1, 0.15) is 5.75 Å². The van der Waals surface area contributed by atoms with Crippen LogP contribution in [-0.4, -0.2) is 12.3 Å². The van der Waals surface area contributed by atoms with Crippen molar-refractivity contribution in [3.63, 3.8) is 0 Å². The van der Waals surface area contributed by atoms with E-state index in [0.29, 0.717) is 0 Å². The Balaban J connectivity index is 2.27. The van der Waals surface area contributed by atoms with E-state index in [9.17, 15) is 0 Å². The maximum absolute atomic E-state index is 5.93. The Morgan fingerprint density at radius 1 is 1.19 bits per heavy atom. The van der Waals surface area contributed by atoms with Gasteiger partial charge in [0.15, 0.2) is 0 Å². The predicted octanol–water partition coefficient (Wildman–Crippen LogP) is 5.24. The molecular weight excluding hydrogens is 258 g/mol. The third-order valence-electron chi connectivity index (χ3n) is 3.52. The lowest BCUT2D eigenvalue weighted by Crippen LogP contribution is -2.02. The molecular formula is C19H25NO. The molecule has 1 aliphatic carbocycles. The molecule has 2 rings (SSSR count). The number of ether oxygens (including phenoxy) is 1. The number of rotatable bonds is 6. The van der Waals surface area contributed by atoms with Crippen LogP contribution in [0.15, 0.2) is 41.5 Å². The minimum absolute atomic E-state index is 0.752. The van der Waals surface area contributed by atoms with E-state index in [1.807, 2.05) is 33.9 Å². The van der Waals surface area contributed by atoms with Gasteiger partial charge >= 0.3 is 0 Å². The van der Waals surface area contributed by atoms with E-state index in [1.54, 1.807) is 0 Å². The molecule has 1 aromatic carbocycles. The molecule has 0 bridgehead atoms. The van der Waals surface area contributed by atoms with E-state index in [-0.39, 0.29) is 0 Å². The SMILES string of the molecule is C=C(C)c1cc(OCC2CC2)cc(/C(C)=N/C=C(C)C)c1. The molecule has 0 spiro atoms. The van der Waals surface area contributed by atoms with Gasteiger partial charge in [-0.05, 0) is 75.8 Å². The summed E-state index contributed by atoms with van der Waals surface area (Å²) >= 11 is 0. The molecule has 0 unspecified atom stereocenters. The summed E-state index contributed by atoms with van der Waals surface area (Å²) in [7, 11) is 0. The van der Waals surface area contributed by atoms with Crippen LogP contribution < -0.4 is 4.74 Å². The van der Waals surface area contributed by atoms with Gasteiger partial charge in [-0.3, -0.25) is 4.99 Å². The monoisotopic (exact) mass is 283 g/mol. The maximum Gasteiger partial charge on any atom is 0.120 e. The second kappa shape index (κ2) is 6.75. The van der Waals surface area contributed by atoms with E-state index < -0.39 is 0 Å². The van der Waals surface area contributed by atoms with Gasteiger partial charge < -0.3 is 4.74 Å². The van der Waals surface area contributed by atoms with Crippen molar-refractivity contribution >= 4 is 11.3 Å². The summed E-state index contributed by atoms with van der Waals surface area (Å²) < 4.78 is 5.93. The minimum atomic E-state index is 0.752. The molecule has 0 radical (unpaired) electrons. The molecule has 0 aromatic heterocycles. The van der Waals surface area contributed by atoms with Crippen LogP contribution in [0.1, 0.15) is 51.7 Å². The average Bonchev–Trinajstić information content (AvgIpc) is 3.26. The zero-order valence-corrected chi connectivity index (χ0v) is 13.6. The standard InChI is InChI=1S/C19H25NO/c1-13(2)11-20-15(5)18-8-17(14(3)4)9-19(10-18)21-12-16-6-7-16/h8-11,16H,3,6-7,12H2,1-2,4-5H3/b20-15+. The van der Waals surface area contributed by atoms with Crippen LogP contribution in [0, 0.1) is 5.92 Å². The fourth-order valence-electron chi connectivity index (χ4n) is 1.94. The molecule has 0 atom stereocenters. The van der Waals surface area contributed by atoms with E-state index in [4.69, 9.17) is 4.74 Å². The number of allylic oxidation sites excluding steroid dienone is 2. The summed E-state index contributed by atoms with van der Waals surface area (Å²) in [6.07, 6.45) is 4.50. The zero-order valence-electron chi connectivity index (χ0n) is 13.6. The zero-order chi connectivity index (χ0) is 15.4. The van der Waals surface area contributed by atoms with Crippen LogP contribution >= 0.6 is 0 Å². The highest BCUT2D eigenvalue weighted by atomic mass is 16.5. The molecule has 0 amide bonds. The van der Waals surface area contributed by atoms with E-state index in [0.717, 1.165) is 40.7 Å². The molecule has 1 aromatic rings. The summed E-state index contributed by atoms with van der Waals surface area (Å²) in [6, 6.07) is 6.28. The normalized spacial score (nSPS) is 14.8. The lowest BCUT2D eigenvalue weighted by molar-refractivity contribution is 0.299. The van der Waals surface area contributed by atoms with Crippen LogP contribution in [0.3, 0.4) is 0 Å². The van der Waals surface area contributed by atoms with Gasteiger partial charge in [0.05, 0.1) is 6.61 Å². The van der Waals surface area contributed by atoms with Gasteiger partial charge in [0.25, 0.3) is 0 Å². The van der Waals surface area contributed by atoms with Crippen molar-refractivity contribution in [2.24, 2.45) is 10.9 Å². The van der Waals surface area contributed by atoms with Gasteiger partial charge in [-0.1, -0.05) is 17.7 Å². The van der Waals surface area contributed by atoms with Gasteiger partial charge in [-0.2, -0.15) is 0 Å². The minimum Gasteiger partial charge on any atom is -0.493 e. The van der Waals surface area contributed by atoms with Crippen molar-refractivity contribution in [3.05, 3.63) is 47.7 Å². The Hall–Kier alpha value is -1.83. The molecule has 21 heavy (non-hydrogen) atoms. The van der Waals surface area contributed by atoms with E-state index in [2.05, 4.69) is 29.8 Å². The summed E-state index contributed by atoms with van der Waals surface area (Å²) in [4.78, 5) is 4.51. The quantitative estimate of drug-likeness (QED) is 0.654. The van der Waals surface area contributed by atoms with Gasteiger partial charge in [-0.25, -0.2) is 0 Å². The lowest BCUT2D eigenvalue weighted by Gasteiger charge is -2.11. The molecule has 2 nitrogen and oxygen atoms in total. The Morgan fingerprint density at radius 3 is 2.43 bits per heavy atom. The Bertz CT molecular complexity index is 588. The number of nitrogens with zero attached hydrogens (tertiary/aromatic N) is 1. The highest BCUT2D eigenvalue weighted by molar-refractivity contribution is 6.00. The molecule has 0 aliphatic heterocycles. The fraction of sp³-hybridized carbons (Fsp3) is 0.421. The van der Waals surface area contributed by atoms with Gasteiger partial charge in [0, 0.05) is 11.9 Å². The highest BCUT2D eigenvalue weighted by Crippen LogP contribution is 2.30. The first-order valence-electron chi connectivity index (χ1n) is 7.57. The number of aliphatic imine (C=N–C) groups is 1. The molecule has 1 saturated carbocycles. The third-order valence-corrected chi connectivity index (χ3v) is 3.52. The summed E-state index contributed by atoms with van der Waals surface area (Å²) in [5.74, 6) is 1.67. The second-order valence-corrected chi connectivity index (χ2v) is 6.20. The topological polar surface area (TPSA) is 21.6 Å². The molecule has 0 heterocycles. The summed E-state index contributed by atoms with van der Waals surface area (Å²) in [6.45, 7) is 13.0. The molecule has 1 fully saturated rings. The predicted molar refractivity (Wildman–Crippen MR) is 91.0 cm³/mol. The van der Waals surface area contributed by atoms with E-state index >= 15 is 0 Å². The van der Waals surface area contributed by atoms with Crippen LogP contribution in [0.2, 0.25) is 0 Å². The Labute approximate surface area is 128 Å². The first-order valence-corrected chi connectivity index (χ1v) is 7.57. The summed E-state index contributed by atoms with van der Waals surface area (Å²) in [5.41, 5.74) is 5.44. The second-order valence-electron chi connectivity index (χ2n) is 6.20. The van der Waals surface area contributed by atoms with Gasteiger partial charge in [0.2, 0.25) is 0 Å². The van der Waals surface area contributed by atoms with Crippen molar-refractivity contribution in [3.8, 4) is 5.75 Å². The largest absolute Gasteiger partial charge is 0.493 e. The molecule has 2 heteroatoms. The van der Waals surface area contributed by atoms with Crippen LogP contribution in [0.25, 0.3) is 5.57 Å². The number of benzene rings is 1. The third kappa shape index (κ3) is 4.89. The fourth-order valence-corrected chi connectivity index (χ4v) is 1.94. The first-order chi connectivity index (χ1) is 9.95. The van der Waals surface area contributed by atoms with Crippen molar-refractivity contribution < 1.29 is 4.74 Å². The van der Waals surface area contributed by atoms with E-state index in [1.165, 1.54) is 18.4 Å². The van der Waals surface area contributed by atoms with Crippen LogP contribution in [0.5, 0.6) is 5.75 Å². The van der Waals surface area contributed by atoms with Crippen molar-refractivity contribution in [2.45, 2.75) is 40.5 Å². The number of hydrogen-bond donors (Lipinski definition) is 0. The molecule has 0 N–H and O–H groups in total. The first kappa shape index (κ1) is 15.6. The molecule has 112 valence electrons. The Kier molecular flexibility index (Phi) is 5.00. The number of hydrogen-bond acceptors (Lipinski definition) is 2. The maximum atomic E-state index is 5.93. The van der Waals surface area contributed by atoms with Crippen LogP contribution in [0.4, 0.5) is 0 Å². The average molecular weight is 283 g/mol. The van der Waals surface area contributed by atoms with Crippen LogP contribution in [-0.2, 0) is 0 Å². The summed E-state index contributed by atoms with van der Waals surface area (Å²) in [5, 5.41) is 0. The van der Waals surface area contributed by atoms with Crippen molar-refractivity contribution in [1.82, 2.24) is 0 Å². The van der Waals surface area contributed by atoms with Crippen molar-refractivity contribution in [2.75, 3.05) is 6.61 Å². The van der Waals surface area contributed by atoms with Crippen molar-refractivity contribution in [1.29, 1.82) is 0 Å². The Morgan fingerprint density at radius 2 is 1.86 bits per heavy atom. The van der Waals surface area contributed by atoms with Gasteiger partial charge in [-0.15, -0.1) is 0 Å². The molecule has 1 aliphatic rings. The lowest BCUT2D eigenvalue weighted by atomic mass is 10.0.